The number of benzene rings is 1. The monoisotopic (exact) mass is 332 g/mol. The maximum absolute atomic E-state index is 12.2. The van der Waals surface area contributed by atoms with Crippen LogP contribution in [0.4, 0.5) is 0 Å². The summed E-state index contributed by atoms with van der Waals surface area (Å²) in [5, 5.41) is 12.1. The van der Waals surface area contributed by atoms with Gasteiger partial charge < -0.3 is 15.3 Å². The summed E-state index contributed by atoms with van der Waals surface area (Å²) in [7, 11) is 0. The van der Waals surface area contributed by atoms with Crippen LogP contribution in [0, 0.1) is 11.8 Å². The molecule has 1 aliphatic heterocycles. The third kappa shape index (κ3) is 5.08. The molecule has 2 rings (SSSR count). The van der Waals surface area contributed by atoms with Crippen LogP contribution in [0.15, 0.2) is 30.3 Å². The molecule has 1 heterocycles. The second-order valence-electron chi connectivity index (χ2n) is 6.25. The van der Waals surface area contributed by atoms with Crippen molar-refractivity contribution >= 4 is 17.8 Å². The molecule has 24 heavy (non-hydrogen) atoms. The number of nitrogens with zero attached hydrogens (tertiary/aromatic N) is 1. The standard InChI is InChI=1S/C18H24N2O4/c1-13(21)20-9-7-15(8-10-20)17(22)19-12-16(18(23)24)11-14-5-3-2-4-6-14/h2-6,15-16H,7-12H2,1H3,(H,19,22)(H,23,24). The number of hydrogen-bond acceptors (Lipinski definition) is 3. The van der Waals surface area contributed by atoms with Gasteiger partial charge in [0, 0.05) is 32.5 Å². The molecule has 1 atom stereocenters. The third-order valence-electron chi connectivity index (χ3n) is 4.51. The van der Waals surface area contributed by atoms with Gasteiger partial charge in [-0.05, 0) is 24.8 Å². The number of carboxylic acid groups (broad SMARTS) is 1. The first kappa shape index (κ1) is 18.0. The number of nitrogens with one attached hydrogen (secondary N) is 1. The van der Waals surface area contributed by atoms with Gasteiger partial charge in [-0.15, -0.1) is 0 Å². The SMILES string of the molecule is CC(=O)N1CCC(C(=O)NCC(Cc2ccccc2)C(=O)O)CC1. The fourth-order valence-electron chi connectivity index (χ4n) is 2.97. The van der Waals surface area contributed by atoms with Crippen molar-refractivity contribution in [2.75, 3.05) is 19.6 Å². The molecule has 1 aromatic rings. The van der Waals surface area contributed by atoms with Gasteiger partial charge in [0.25, 0.3) is 0 Å². The van der Waals surface area contributed by atoms with Gasteiger partial charge in [-0.1, -0.05) is 30.3 Å². The molecule has 0 saturated carbocycles. The molecule has 0 bridgehead atoms. The fourth-order valence-corrected chi connectivity index (χ4v) is 2.97. The number of rotatable bonds is 6. The van der Waals surface area contributed by atoms with E-state index in [9.17, 15) is 19.5 Å². The summed E-state index contributed by atoms with van der Waals surface area (Å²) in [4.78, 5) is 36.7. The molecular formula is C18H24N2O4. The van der Waals surface area contributed by atoms with Crippen LogP contribution in [0.5, 0.6) is 0 Å². The van der Waals surface area contributed by atoms with Crippen LogP contribution >= 0.6 is 0 Å². The normalized spacial score (nSPS) is 16.5. The molecule has 0 radical (unpaired) electrons. The molecule has 0 aliphatic carbocycles. The summed E-state index contributed by atoms with van der Waals surface area (Å²) in [5.41, 5.74) is 0.939. The Balaban J connectivity index is 1.82. The largest absolute Gasteiger partial charge is 0.481 e. The first-order valence-corrected chi connectivity index (χ1v) is 8.27. The Labute approximate surface area is 141 Å². The van der Waals surface area contributed by atoms with Gasteiger partial charge in [0.05, 0.1) is 5.92 Å². The Bertz CT molecular complexity index is 580. The molecular weight excluding hydrogens is 308 g/mol. The number of piperidine rings is 1. The van der Waals surface area contributed by atoms with Crippen molar-refractivity contribution in [3.63, 3.8) is 0 Å². The number of amides is 2. The Hall–Kier alpha value is -2.37. The smallest absolute Gasteiger partial charge is 0.308 e. The third-order valence-corrected chi connectivity index (χ3v) is 4.51. The minimum absolute atomic E-state index is 0.0302. The lowest BCUT2D eigenvalue weighted by atomic mass is 9.95. The molecule has 1 aliphatic rings. The van der Waals surface area contributed by atoms with Gasteiger partial charge in [-0.3, -0.25) is 14.4 Å². The van der Waals surface area contributed by atoms with E-state index in [2.05, 4.69) is 5.32 Å². The van der Waals surface area contributed by atoms with E-state index in [-0.39, 0.29) is 24.3 Å². The second-order valence-corrected chi connectivity index (χ2v) is 6.25. The number of carbonyl (C=O) groups is 3. The summed E-state index contributed by atoms with van der Waals surface area (Å²) in [6.07, 6.45) is 1.64. The van der Waals surface area contributed by atoms with Crippen LogP contribution in [0.25, 0.3) is 0 Å². The summed E-state index contributed by atoms with van der Waals surface area (Å²) < 4.78 is 0. The molecule has 1 unspecified atom stereocenters. The first-order valence-electron chi connectivity index (χ1n) is 8.27. The summed E-state index contributed by atoms with van der Waals surface area (Å²) in [5.74, 6) is -1.79. The van der Waals surface area contributed by atoms with Gasteiger partial charge in [0.1, 0.15) is 0 Å². The molecule has 1 aromatic carbocycles. The Kier molecular flexibility index (Phi) is 6.35. The van der Waals surface area contributed by atoms with Crippen molar-refractivity contribution in [3.05, 3.63) is 35.9 Å². The lowest BCUT2D eigenvalue weighted by molar-refractivity contribution is -0.142. The first-order chi connectivity index (χ1) is 11.5. The number of carbonyl (C=O) groups excluding carboxylic acids is 2. The van der Waals surface area contributed by atoms with Crippen molar-refractivity contribution in [1.82, 2.24) is 10.2 Å². The van der Waals surface area contributed by atoms with Gasteiger partial charge in [0.2, 0.25) is 11.8 Å². The van der Waals surface area contributed by atoms with Gasteiger partial charge in [-0.2, -0.15) is 0 Å². The van der Waals surface area contributed by atoms with E-state index in [1.165, 1.54) is 6.92 Å². The molecule has 0 spiro atoms. The van der Waals surface area contributed by atoms with E-state index < -0.39 is 11.9 Å². The van der Waals surface area contributed by atoms with Gasteiger partial charge in [0.15, 0.2) is 0 Å². The van der Waals surface area contributed by atoms with Crippen LogP contribution < -0.4 is 5.32 Å². The molecule has 1 saturated heterocycles. The zero-order chi connectivity index (χ0) is 17.5. The minimum Gasteiger partial charge on any atom is -0.481 e. The van der Waals surface area contributed by atoms with Crippen molar-refractivity contribution in [2.24, 2.45) is 11.8 Å². The molecule has 2 N–H and O–H groups in total. The quantitative estimate of drug-likeness (QED) is 0.822. The summed E-state index contributed by atoms with van der Waals surface area (Å²) in [6, 6.07) is 9.39. The van der Waals surface area contributed by atoms with Crippen LogP contribution in [0.2, 0.25) is 0 Å². The van der Waals surface area contributed by atoms with E-state index in [0.29, 0.717) is 32.4 Å². The van der Waals surface area contributed by atoms with Crippen molar-refractivity contribution in [1.29, 1.82) is 0 Å². The van der Waals surface area contributed by atoms with E-state index in [0.717, 1.165) is 5.56 Å². The van der Waals surface area contributed by atoms with E-state index in [1.807, 2.05) is 30.3 Å². The average Bonchev–Trinajstić information content (AvgIpc) is 2.59. The topological polar surface area (TPSA) is 86.7 Å². The van der Waals surface area contributed by atoms with Crippen LogP contribution in [-0.2, 0) is 20.8 Å². The Morgan fingerprint density at radius 3 is 2.38 bits per heavy atom. The van der Waals surface area contributed by atoms with Crippen molar-refractivity contribution in [2.45, 2.75) is 26.2 Å². The highest BCUT2D eigenvalue weighted by atomic mass is 16.4. The number of aliphatic carboxylic acids is 1. The van der Waals surface area contributed by atoms with Crippen molar-refractivity contribution in [3.8, 4) is 0 Å². The van der Waals surface area contributed by atoms with Crippen molar-refractivity contribution < 1.29 is 19.5 Å². The number of carboxylic acids is 1. The lowest BCUT2D eigenvalue weighted by Gasteiger charge is -2.30. The van der Waals surface area contributed by atoms with E-state index >= 15 is 0 Å². The zero-order valence-electron chi connectivity index (χ0n) is 13.9. The molecule has 6 nitrogen and oxygen atoms in total. The highest BCUT2D eigenvalue weighted by molar-refractivity contribution is 5.80. The van der Waals surface area contributed by atoms with Crippen LogP contribution in [0.1, 0.15) is 25.3 Å². The summed E-state index contributed by atoms with van der Waals surface area (Å²) >= 11 is 0. The number of hydrogen-bond donors (Lipinski definition) is 2. The molecule has 1 fully saturated rings. The second kappa shape index (κ2) is 8.47. The zero-order valence-corrected chi connectivity index (χ0v) is 13.9. The van der Waals surface area contributed by atoms with E-state index in [1.54, 1.807) is 4.90 Å². The lowest BCUT2D eigenvalue weighted by Crippen LogP contribution is -2.43. The van der Waals surface area contributed by atoms with Gasteiger partial charge >= 0.3 is 5.97 Å². The predicted molar refractivity (Wildman–Crippen MR) is 89.3 cm³/mol. The Morgan fingerprint density at radius 1 is 1.21 bits per heavy atom. The maximum Gasteiger partial charge on any atom is 0.308 e. The summed E-state index contributed by atoms with van der Waals surface area (Å²) in [6.45, 7) is 2.82. The highest BCUT2D eigenvalue weighted by Crippen LogP contribution is 2.17. The number of likely N-dealkylation sites (tertiary alicyclic amines) is 1. The Morgan fingerprint density at radius 2 is 1.83 bits per heavy atom. The van der Waals surface area contributed by atoms with Crippen LogP contribution in [-0.4, -0.2) is 47.4 Å². The van der Waals surface area contributed by atoms with Crippen LogP contribution in [0.3, 0.4) is 0 Å². The molecule has 0 aromatic heterocycles. The molecule has 6 heteroatoms. The maximum atomic E-state index is 12.2. The molecule has 130 valence electrons. The minimum atomic E-state index is -0.912. The predicted octanol–water partition coefficient (Wildman–Crippen LogP) is 1.30. The average molecular weight is 332 g/mol. The molecule has 2 amide bonds. The van der Waals surface area contributed by atoms with E-state index in [4.69, 9.17) is 0 Å². The fraction of sp³-hybridized carbons (Fsp3) is 0.500. The highest BCUT2D eigenvalue weighted by Gasteiger charge is 2.27. The van der Waals surface area contributed by atoms with Gasteiger partial charge in [-0.25, -0.2) is 0 Å².